The lowest BCUT2D eigenvalue weighted by Crippen LogP contribution is -2.47. The second-order valence-corrected chi connectivity index (χ2v) is 9.34. The number of aryl methyl sites for hydroxylation is 2. The summed E-state index contributed by atoms with van der Waals surface area (Å²) < 4.78 is 3.89. The molecule has 36 heavy (non-hydrogen) atoms. The van der Waals surface area contributed by atoms with E-state index in [1.54, 1.807) is 0 Å². The first kappa shape index (κ1) is 23.6. The van der Waals surface area contributed by atoms with Crippen molar-refractivity contribution in [2.24, 2.45) is 0 Å². The molecule has 5 rings (SSSR count). The molecule has 2 aromatic carbocycles. The maximum Gasteiger partial charge on any atom is 0.353 e. The van der Waals surface area contributed by atoms with Gasteiger partial charge in [-0.25, -0.2) is 9.97 Å². The zero-order chi connectivity index (χ0) is 25.1. The van der Waals surface area contributed by atoms with Crippen LogP contribution >= 0.6 is 11.5 Å². The van der Waals surface area contributed by atoms with E-state index < -0.39 is 4.92 Å². The molecule has 10 nitrogen and oxygen atoms in total. The van der Waals surface area contributed by atoms with Gasteiger partial charge in [-0.05, 0) is 54.2 Å². The summed E-state index contributed by atoms with van der Waals surface area (Å²) in [5.41, 5.74) is 6.37. The summed E-state index contributed by atoms with van der Waals surface area (Å²) in [4.78, 5) is 24.4. The van der Waals surface area contributed by atoms with Crippen LogP contribution in [0.25, 0.3) is 11.3 Å². The topological polar surface area (TPSA) is 113 Å². The van der Waals surface area contributed by atoms with Crippen molar-refractivity contribution >= 4 is 34.5 Å². The molecule has 1 saturated heterocycles. The summed E-state index contributed by atoms with van der Waals surface area (Å²) >= 11 is 1.31. The van der Waals surface area contributed by atoms with Gasteiger partial charge in [0, 0.05) is 49.4 Å². The van der Waals surface area contributed by atoms with Gasteiger partial charge < -0.3 is 15.1 Å². The Labute approximate surface area is 213 Å². The molecule has 1 fully saturated rings. The van der Waals surface area contributed by atoms with Crippen molar-refractivity contribution in [1.82, 2.24) is 19.6 Å². The predicted molar refractivity (Wildman–Crippen MR) is 142 cm³/mol. The van der Waals surface area contributed by atoms with Gasteiger partial charge in [0.2, 0.25) is 11.6 Å². The van der Waals surface area contributed by atoms with Crippen LogP contribution in [0.1, 0.15) is 16.7 Å². The first-order valence-electron chi connectivity index (χ1n) is 11.7. The van der Waals surface area contributed by atoms with Gasteiger partial charge in [-0.2, -0.15) is 0 Å². The molecule has 0 atom stereocenters. The van der Waals surface area contributed by atoms with Crippen molar-refractivity contribution in [1.29, 1.82) is 0 Å². The van der Waals surface area contributed by atoms with Crippen LogP contribution in [0.3, 0.4) is 0 Å². The average molecular weight is 503 g/mol. The molecular formula is C25H26N8O2S. The third-order valence-corrected chi connectivity index (χ3v) is 6.99. The first-order valence-corrected chi connectivity index (χ1v) is 12.5. The Kier molecular flexibility index (Phi) is 6.72. The lowest BCUT2D eigenvalue weighted by Gasteiger charge is -2.36. The molecule has 0 radical (unpaired) electrons. The molecule has 3 heterocycles. The Morgan fingerprint density at radius 3 is 2.42 bits per heavy atom. The van der Waals surface area contributed by atoms with Gasteiger partial charge >= 0.3 is 5.69 Å². The normalized spacial score (nSPS) is 13.6. The Hall–Kier alpha value is -4.12. The van der Waals surface area contributed by atoms with Crippen LogP contribution in [-0.4, -0.2) is 50.7 Å². The molecule has 11 heteroatoms. The molecule has 0 aliphatic carbocycles. The second kappa shape index (κ2) is 10.2. The van der Waals surface area contributed by atoms with Crippen LogP contribution in [0.5, 0.6) is 0 Å². The summed E-state index contributed by atoms with van der Waals surface area (Å²) in [6.45, 7) is 7.40. The van der Waals surface area contributed by atoms with Gasteiger partial charge in [-0.1, -0.05) is 34.8 Å². The Bertz CT molecular complexity index is 1350. The summed E-state index contributed by atoms with van der Waals surface area (Å²) in [6, 6.07) is 14.3. The summed E-state index contributed by atoms with van der Waals surface area (Å²) in [5.74, 6) is 0.568. The van der Waals surface area contributed by atoms with Crippen molar-refractivity contribution in [2.75, 3.05) is 41.3 Å². The maximum absolute atomic E-state index is 12.1. The monoisotopic (exact) mass is 502 g/mol. The van der Waals surface area contributed by atoms with Crippen LogP contribution in [-0.2, 0) is 6.54 Å². The fraction of sp³-hybridized carbons (Fsp3) is 0.280. The highest BCUT2D eigenvalue weighted by Crippen LogP contribution is 2.33. The highest BCUT2D eigenvalue weighted by Gasteiger charge is 2.29. The third kappa shape index (κ3) is 4.96. The molecule has 1 N–H and O–H groups in total. The highest BCUT2D eigenvalue weighted by atomic mass is 32.1. The van der Waals surface area contributed by atoms with Gasteiger partial charge in [0.05, 0.1) is 4.92 Å². The first-order chi connectivity index (χ1) is 17.5. The molecule has 4 aromatic rings. The van der Waals surface area contributed by atoms with Crippen LogP contribution in [0.2, 0.25) is 0 Å². The molecule has 0 saturated carbocycles. The smallest absolute Gasteiger partial charge is 0.353 e. The number of anilines is 3. The molecule has 1 aliphatic rings. The Balaban J connectivity index is 1.28. The van der Waals surface area contributed by atoms with E-state index in [4.69, 9.17) is 0 Å². The minimum Gasteiger partial charge on any atom is -0.368 e. The average Bonchev–Trinajstić information content (AvgIpc) is 3.44. The highest BCUT2D eigenvalue weighted by molar-refractivity contribution is 7.03. The maximum atomic E-state index is 12.1. The van der Waals surface area contributed by atoms with Gasteiger partial charge in [0.15, 0.2) is 0 Å². The number of piperazine rings is 1. The molecule has 2 aromatic heterocycles. The third-order valence-electron chi connectivity index (χ3n) is 6.49. The number of nitrogens with one attached hydrogen (secondary N) is 1. The molecule has 0 amide bonds. The van der Waals surface area contributed by atoms with Crippen LogP contribution in [0.15, 0.2) is 54.2 Å². The van der Waals surface area contributed by atoms with Crippen LogP contribution in [0.4, 0.5) is 23.0 Å². The zero-order valence-corrected chi connectivity index (χ0v) is 20.9. The van der Waals surface area contributed by atoms with Crippen molar-refractivity contribution in [3.63, 3.8) is 0 Å². The van der Waals surface area contributed by atoms with E-state index in [0.29, 0.717) is 25.5 Å². The summed E-state index contributed by atoms with van der Waals surface area (Å²) in [5, 5.41) is 21.2. The minimum atomic E-state index is -0.397. The number of nitrogens with zero attached hydrogens (tertiary/aromatic N) is 7. The van der Waals surface area contributed by atoms with Gasteiger partial charge in [0.25, 0.3) is 0 Å². The quantitative estimate of drug-likeness (QED) is 0.289. The van der Waals surface area contributed by atoms with Crippen LogP contribution < -0.4 is 15.1 Å². The lowest BCUT2D eigenvalue weighted by atomic mass is 10.1. The molecule has 0 spiro atoms. The number of hydrogen-bond donors (Lipinski definition) is 1. The Morgan fingerprint density at radius 1 is 1.00 bits per heavy atom. The predicted octanol–water partition coefficient (Wildman–Crippen LogP) is 4.46. The van der Waals surface area contributed by atoms with E-state index in [1.807, 2.05) is 34.5 Å². The van der Waals surface area contributed by atoms with Crippen molar-refractivity contribution in [3.8, 4) is 11.3 Å². The van der Waals surface area contributed by atoms with E-state index in [-0.39, 0.29) is 11.5 Å². The lowest BCUT2D eigenvalue weighted by molar-refractivity contribution is -0.383. The minimum absolute atomic E-state index is 0.0951. The number of nitro groups is 1. The molecule has 1 aliphatic heterocycles. The molecule has 184 valence electrons. The zero-order valence-electron chi connectivity index (χ0n) is 20.1. The second-order valence-electron chi connectivity index (χ2n) is 8.73. The molecule has 0 unspecified atom stereocenters. The number of hydrogen-bond acceptors (Lipinski definition) is 10. The van der Waals surface area contributed by atoms with E-state index in [0.717, 1.165) is 29.9 Å². The number of benzene rings is 2. The van der Waals surface area contributed by atoms with Crippen molar-refractivity contribution in [2.45, 2.75) is 20.4 Å². The van der Waals surface area contributed by atoms with E-state index >= 15 is 0 Å². The van der Waals surface area contributed by atoms with Crippen LogP contribution in [0, 0.1) is 24.0 Å². The number of aromatic nitrogens is 4. The van der Waals surface area contributed by atoms with Crippen molar-refractivity contribution < 1.29 is 4.92 Å². The van der Waals surface area contributed by atoms with E-state index in [2.05, 4.69) is 61.8 Å². The van der Waals surface area contributed by atoms with E-state index in [1.165, 1.54) is 34.7 Å². The number of rotatable bonds is 7. The largest absolute Gasteiger partial charge is 0.368 e. The standard InChI is InChI=1S/C25H26N8O2S/c1-17-3-8-21(13-18(17)2)31-9-11-32(12-10-31)25-23(33(34)35)24(27-16-28-25)26-14-19-4-6-20(7-5-19)22-15-36-30-29-22/h3-8,13,15-16H,9-12,14H2,1-2H3,(H,26,27,28). The Morgan fingerprint density at radius 2 is 1.75 bits per heavy atom. The fourth-order valence-electron chi connectivity index (χ4n) is 4.27. The SMILES string of the molecule is Cc1ccc(N2CCN(c3ncnc(NCc4ccc(-c5csnn5)cc4)c3[N+](=O)[O-])CC2)cc1C. The van der Waals surface area contributed by atoms with Crippen molar-refractivity contribution in [3.05, 3.63) is 81.0 Å². The molecular weight excluding hydrogens is 476 g/mol. The summed E-state index contributed by atoms with van der Waals surface area (Å²) in [7, 11) is 0. The van der Waals surface area contributed by atoms with Gasteiger partial charge in [-0.15, -0.1) is 5.10 Å². The van der Waals surface area contributed by atoms with E-state index in [9.17, 15) is 10.1 Å². The summed E-state index contributed by atoms with van der Waals surface area (Å²) in [6.07, 6.45) is 1.39. The fourth-order valence-corrected chi connectivity index (χ4v) is 4.73. The molecule has 0 bridgehead atoms. The van der Waals surface area contributed by atoms with Gasteiger partial charge in [0.1, 0.15) is 12.0 Å². The van der Waals surface area contributed by atoms with Gasteiger partial charge in [-0.3, -0.25) is 10.1 Å².